The zero-order valence-corrected chi connectivity index (χ0v) is 15.0. The quantitative estimate of drug-likeness (QED) is 0.544. The molecule has 0 spiro atoms. The number of nitrogens with zero attached hydrogens (tertiary/aromatic N) is 2. The number of benzene rings is 2. The van der Waals surface area contributed by atoms with Gasteiger partial charge in [-0.25, -0.2) is 0 Å². The molecule has 1 heterocycles. The minimum Gasteiger partial charge on any atom is -0.370 e. The van der Waals surface area contributed by atoms with Gasteiger partial charge >= 0.3 is 0 Å². The van der Waals surface area contributed by atoms with Gasteiger partial charge in [0.1, 0.15) is 0 Å². The van der Waals surface area contributed by atoms with Gasteiger partial charge in [0.15, 0.2) is 5.96 Å². The third-order valence-corrected chi connectivity index (χ3v) is 3.90. The summed E-state index contributed by atoms with van der Waals surface area (Å²) in [5.74, 6) is -0.885. The second kappa shape index (κ2) is 7.84. The number of rotatable bonds is 3. The normalized spacial score (nSPS) is 10.2. The van der Waals surface area contributed by atoms with Gasteiger partial charge in [-0.15, -0.1) is 12.4 Å². The van der Waals surface area contributed by atoms with Crippen LogP contribution in [0.5, 0.6) is 0 Å². The van der Waals surface area contributed by atoms with Crippen LogP contribution in [-0.2, 0) is 6.54 Å². The van der Waals surface area contributed by atoms with Crippen molar-refractivity contribution in [3.05, 3.63) is 81.8 Å². The summed E-state index contributed by atoms with van der Waals surface area (Å²) in [7, 11) is 0. The molecule has 1 amide bonds. The summed E-state index contributed by atoms with van der Waals surface area (Å²) in [5.41, 5.74) is 12.7. The first-order chi connectivity index (χ1) is 12.0. The molecule has 3 aromatic rings. The lowest BCUT2D eigenvalue weighted by Gasteiger charge is -2.11. The molecule has 7 heteroatoms. The second-order valence-electron chi connectivity index (χ2n) is 5.85. The van der Waals surface area contributed by atoms with E-state index < -0.39 is 5.91 Å². The third kappa shape index (κ3) is 3.92. The Morgan fingerprint density at radius 2 is 1.77 bits per heavy atom. The van der Waals surface area contributed by atoms with E-state index in [2.05, 4.69) is 4.99 Å². The van der Waals surface area contributed by atoms with E-state index in [-0.39, 0.29) is 23.9 Å². The summed E-state index contributed by atoms with van der Waals surface area (Å²) >= 11 is 0. The molecule has 0 radical (unpaired) electrons. The van der Waals surface area contributed by atoms with Crippen molar-refractivity contribution in [1.29, 1.82) is 0 Å². The molecule has 2 aromatic carbocycles. The van der Waals surface area contributed by atoms with Crippen molar-refractivity contribution in [1.82, 2.24) is 4.57 Å². The molecule has 0 bridgehead atoms. The fraction of sp³-hybridized carbons (Fsp3) is 0.105. The number of pyridine rings is 1. The Bertz CT molecular complexity index is 1040. The van der Waals surface area contributed by atoms with Crippen LogP contribution in [0.1, 0.15) is 21.5 Å². The Hall–Kier alpha value is -3.12. The van der Waals surface area contributed by atoms with Crippen LogP contribution in [0.4, 0.5) is 0 Å². The maximum absolute atomic E-state index is 12.8. The first kappa shape index (κ1) is 19.2. The lowest BCUT2D eigenvalue weighted by molar-refractivity contribution is 0.100. The van der Waals surface area contributed by atoms with E-state index in [1.54, 1.807) is 12.1 Å². The Labute approximate surface area is 156 Å². The van der Waals surface area contributed by atoms with Crippen LogP contribution in [0.2, 0.25) is 0 Å². The predicted molar refractivity (Wildman–Crippen MR) is 106 cm³/mol. The average molecular weight is 371 g/mol. The van der Waals surface area contributed by atoms with Crippen molar-refractivity contribution < 1.29 is 4.79 Å². The molecule has 4 N–H and O–H groups in total. The van der Waals surface area contributed by atoms with E-state index in [1.165, 1.54) is 10.8 Å². The first-order valence-corrected chi connectivity index (χ1v) is 7.77. The van der Waals surface area contributed by atoms with E-state index in [9.17, 15) is 9.59 Å². The van der Waals surface area contributed by atoms with E-state index in [1.807, 2.05) is 43.3 Å². The minimum absolute atomic E-state index is 0. The van der Waals surface area contributed by atoms with Crippen LogP contribution >= 0.6 is 12.4 Å². The number of hydrogen-bond acceptors (Lipinski definition) is 2. The summed E-state index contributed by atoms with van der Waals surface area (Å²) in [6, 6.07) is 14.9. The molecule has 0 saturated carbocycles. The fourth-order valence-electron chi connectivity index (χ4n) is 2.75. The monoisotopic (exact) mass is 370 g/mol. The van der Waals surface area contributed by atoms with Crippen molar-refractivity contribution in [3.63, 3.8) is 0 Å². The van der Waals surface area contributed by atoms with Gasteiger partial charge in [-0.1, -0.05) is 48.0 Å². The van der Waals surface area contributed by atoms with E-state index in [0.29, 0.717) is 22.9 Å². The highest BCUT2D eigenvalue weighted by Crippen LogP contribution is 2.19. The summed E-state index contributed by atoms with van der Waals surface area (Å²) in [6.45, 7) is 2.25. The van der Waals surface area contributed by atoms with Crippen LogP contribution < -0.4 is 17.0 Å². The molecule has 0 aliphatic rings. The van der Waals surface area contributed by atoms with Gasteiger partial charge in [0.25, 0.3) is 11.5 Å². The van der Waals surface area contributed by atoms with Crippen molar-refractivity contribution >= 4 is 35.0 Å². The third-order valence-electron chi connectivity index (χ3n) is 3.90. The largest absolute Gasteiger partial charge is 0.370 e. The van der Waals surface area contributed by atoms with Gasteiger partial charge in [0.05, 0.1) is 12.1 Å². The van der Waals surface area contributed by atoms with Crippen LogP contribution in [0.3, 0.4) is 0 Å². The lowest BCUT2D eigenvalue weighted by Crippen LogP contribution is -2.26. The topological polar surface area (TPSA) is 103 Å². The maximum atomic E-state index is 12.8. The molecule has 134 valence electrons. The van der Waals surface area contributed by atoms with Gasteiger partial charge in [-0.05, 0) is 18.6 Å². The molecule has 0 aliphatic carbocycles. The molecule has 0 saturated heterocycles. The summed E-state index contributed by atoms with van der Waals surface area (Å²) in [4.78, 5) is 28.9. The molecule has 26 heavy (non-hydrogen) atoms. The highest BCUT2D eigenvalue weighted by Gasteiger charge is 2.15. The Kier molecular flexibility index (Phi) is 5.79. The average Bonchev–Trinajstić information content (AvgIpc) is 2.57. The van der Waals surface area contributed by atoms with Gasteiger partial charge in [-0.2, -0.15) is 4.99 Å². The number of fused-ring (bicyclic) bond motifs is 1. The first-order valence-electron chi connectivity index (χ1n) is 7.77. The SMILES string of the molecule is Cc1ccc2c(=O)n(Cc3ccccc3)cc(C(=O)N=C(N)N)c2c1.Cl. The molecular weight excluding hydrogens is 352 g/mol. The number of halogens is 1. The van der Waals surface area contributed by atoms with Crippen LogP contribution in [0.25, 0.3) is 10.8 Å². The fourth-order valence-corrected chi connectivity index (χ4v) is 2.75. The zero-order chi connectivity index (χ0) is 18.0. The van der Waals surface area contributed by atoms with Crippen LogP contribution in [0, 0.1) is 6.92 Å². The molecule has 3 rings (SSSR count). The Morgan fingerprint density at radius 1 is 1.08 bits per heavy atom. The lowest BCUT2D eigenvalue weighted by atomic mass is 10.0. The highest BCUT2D eigenvalue weighted by atomic mass is 35.5. The molecule has 0 fully saturated rings. The number of guanidine groups is 1. The standard InChI is InChI=1S/C19H18N4O2.ClH/c1-12-7-8-14-15(9-12)16(17(24)22-19(20)21)11-23(18(14)25)10-13-5-3-2-4-6-13;/h2-9,11H,10H2,1H3,(H4,20,21,22,24);1H. The molecule has 0 atom stereocenters. The second-order valence-corrected chi connectivity index (χ2v) is 5.85. The smallest absolute Gasteiger partial charge is 0.282 e. The summed E-state index contributed by atoms with van der Waals surface area (Å²) in [5, 5.41) is 1.00. The van der Waals surface area contributed by atoms with Gasteiger partial charge in [0, 0.05) is 17.0 Å². The van der Waals surface area contributed by atoms with Crippen molar-refractivity contribution in [2.24, 2.45) is 16.5 Å². The number of amides is 1. The molecule has 6 nitrogen and oxygen atoms in total. The van der Waals surface area contributed by atoms with Crippen LogP contribution in [0.15, 0.2) is 64.5 Å². The van der Waals surface area contributed by atoms with E-state index in [4.69, 9.17) is 11.5 Å². The maximum Gasteiger partial charge on any atom is 0.282 e. The molecule has 0 aliphatic heterocycles. The number of aromatic nitrogens is 1. The molecular formula is C19H19ClN4O2. The van der Waals surface area contributed by atoms with Crippen LogP contribution in [-0.4, -0.2) is 16.4 Å². The van der Waals surface area contributed by atoms with E-state index in [0.717, 1.165) is 11.1 Å². The number of aliphatic imine (C=N–C) groups is 1. The Morgan fingerprint density at radius 3 is 2.42 bits per heavy atom. The predicted octanol–water partition coefficient (Wildman–Crippen LogP) is 2.19. The van der Waals surface area contributed by atoms with Gasteiger partial charge in [0.2, 0.25) is 0 Å². The number of carbonyl (C=O) groups excluding carboxylic acids is 1. The number of nitrogens with two attached hydrogens (primary N) is 2. The van der Waals surface area contributed by atoms with Gasteiger partial charge < -0.3 is 16.0 Å². The Balaban J connectivity index is 0.00000243. The van der Waals surface area contributed by atoms with Crippen molar-refractivity contribution in [2.45, 2.75) is 13.5 Å². The number of carbonyl (C=O) groups is 1. The molecule has 1 aromatic heterocycles. The number of aryl methyl sites for hydroxylation is 1. The van der Waals surface area contributed by atoms with Crippen molar-refractivity contribution in [3.8, 4) is 0 Å². The summed E-state index contributed by atoms with van der Waals surface area (Å²) in [6.07, 6.45) is 1.52. The minimum atomic E-state index is -0.572. The van der Waals surface area contributed by atoms with Crippen molar-refractivity contribution in [2.75, 3.05) is 0 Å². The van der Waals surface area contributed by atoms with Gasteiger partial charge in [-0.3, -0.25) is 9.59 Å². The zero-order valence-electron chi connectivity index (χ0n) is 14.2. The van der Waals surface area contributed by atoms with E-state index >= 15 is 0 Å². The molecule has 0 unspecified atom stereocenters. The highest BCUT2D eigenvalue weighted by molar-refractivity contribution is 6.10. The summed E-state index contributed by atoms with van der Waals surface area (Å²) < 4.78 is 1.50. The number of hydrogen-bond donors (Lipinski definition) is 2.